The third kappa shape index (κ3) is 3.23. The van der Waals surface area contributed by atoms with Crippen molar-refractivity contribution in [1.82, 2.24) is 4.90 Å². The van der Waals surface area contributed by atoms with E-state index in [0.29, 0.717) is 32.5 Å². The van der Waals surface area contributed by atoms with E-state index in [9.17, 15) is 9.90 Å². The van der Waals surface area contributed by atoms with Gasteiger partial charge in [0.05, 0.1) is 12.6 Å². The molecule has 0 bridgehead atoms. The van der Waals surface area contributed by atoms with Crippen LogP contribution in [0, 0.1) is 0 Å². The summed E-state index contributed by atoms with van der Waals surface area (Å²) in [4.78, 5) is 13.8. The second-order valence-corrected chi connectivity index (χ2v) is 4.66. The number of hydrogen-bond acceptors (Lipinski definition) is 3. The number of aliphatic hydroxyl groups is 1. The molecule has 1 aliphatic heterocycles. The number of nitrogens with zero attached hydrogens (tertiary/aromatic N) is 1. The van der Waals surface area contributed by atoms with Crippen molar-refractivity contribution in [3.05, 3.63) is 29.8 Å². The van der Waals surface area contributed by atoms with Gasteiger partial charge in [0.1, 0.15) is 12.4 Å². The van der Waals surface area contributed by atoms with Crippen molar-refractivity contribution >= 4 is 5.91 Å². The number of amides is 1. The second kappa shape index (κ2) is 5.87. The molecular weight excluding hydrogens is 230 g/mol. The third-order valence-corrected chi connectivity index (χ3v) is 3.08. The molecule has 98 valence electrons. The molecule has 1 aliphatic rings. The summed E-state index contributed by atoms with van der Waals surface area (Å²) in [6, 6.07) is 7.80. The van der Waals surface area contributed by atoms with E-state index >= 15 is 0 Å². The van der Waals surface area contributed by atoms with Crippen LogP contribution in [0.3, 0.4) is 0 Å². The van der Waals surface area contributed by atoms with E-state index in [0.717, 1.165) is 11.3 Å². The molecule has 1 atom stereocenters. The summed E-state index contributed by atoms with van der Waals surface area (Å²) >= 11 is 0. The molecule has 0 aromatic heterocycles. The highest BCUT2D eigenvalue weighted by molar-refractivity contribution is 5.76. The van der Waals surface area contributed by atoms with Crippen molar-refractivity contribution in [3.63, 3.8) is 0 Å². The van der Waals surface area contributed by atoms with Gasteiger partial charge in [-0.3, -0.25) is 4.79 Å². The molecule has 0 fully saturated rings. The minimum atomic E-state index is -0.426. The molecule has 0 radical (unpaired) electrons. The number of para-hydroxylation sites is 1. The first-order chi connectivity index (χ1) is 8.66. The lowest BCUT2D eigenvalue weighted by molar-refractivity contribution is -0.132. The highest BCUT2D eigenvalue weighted by Crippen LogP contribution is 2.22. The average Bonchev–Trinajstić information content (AvgIpc) is 2.57. The minimum Gasteiger partial charge on any atom is -0.491 e. The van der Waals surface area contributed by atoms with Crippen molar-refractivity contribution in [1.29, 1.82) is 0 Å². The van der Waals surface area contributed by atoms with Crippen LogP contribution in [-0.2, 0) is 11.3 Å². The van der Waals surface area contributed by atoms with Crippen LogP contribution >= 0.6 is 0 Å². The Hall–Kier alpha value is -1.55. The van der Waals surface area contributed by atoms with Gasteiger partial charge in [-0.2, -0.15) is 0 Å². The molecular formula is C14H19NO3. The van der Waals surface area contributed by atoms with E-state index < -0.39 is 6.10 Å². The van der Waals surface area contributed by atoms with Gasteiger partial charge < -0.3 is 14.7 Å². The summed E-state index contributed by atoms with van der Waals surface area (Å²) in [5.41, 5.74) is 1.04. The highest BCUT2D eigenvalue weighted by atomic mass is 16.5. The van der Waals surface area contributed by atoms with E-state index in [2.05, 4.69) is 0 Å². The van der Waals surface area contributed by atoms with Crippen LogP contribution in [0.25, 0.3) is 0 Å². The largest absolute Gasteiger partial charge is 0.491 e. The molecule has 4 heteroatoms. The summed E-state index contributed by atoms with van der Waals surface area (Å²) < 4.78 is 5.61. The summed E-state index contributed by atoms with van der Waals surface area (Å²) in [6.45, 7) is 3.42. The maximum atomic E-state index is 12.0. The molecule has 1 aromatic rings. The fourth-order valence-corrected chi connectivity index (χ4v) is 2.03. The molecule has 1 aromatic carbocycles. The predicted molar refractivity (Wildman–Crippen MR) is 68.3 cm³/mol. The second-order valence-electron chi connectivity index (χ2n) is 4.66. The molecule has 1 unspecified atom stereocenters. The van der Waals surface area contributed by atoms with E-state index in [4.69, 9.17) is 4.74 Å². The first-order valence-corrected chi connectivity index (χ1v) is 6.33. The van der Waals surface area contributed by atoms with Crippen LogP contribution in [0.5, 0.6) is 5.75 Å². The zero-order valence-corrected chi connectivity index (χ0v) is 10.6. The highest BCUT2D eigenvalue weighted by Gasteiger charge is 2.19. The monoisotopic (exact) mass is 249 g/mol. The van der Waals surface area contributed by atoms with E-state index in [1.807, 2.05) is 24.3 Å². The van der Waals surface area contributed by atoms with Gasteiger partial charge in [0.25, 0.3) is 0 Å². The normalized spacial score (nSPS) is 16.4. The van der Waals surface area contributed by atoms with Gasteiger partial charge in [-0.25, -0.2) is 0 Å². The summed E-state index contributed by atoms with van der Waals surface area (Å²) in [5.74, 6) is 0.944. The van der Waals surface area contributed by atoms with E-state index in [1.54, 1.807) is 11.8 Å². The number of ether oxygens (including phenoxy) is 1. The topological polar surface area (TPSA) is 49.8 Å². The summed E-state index contributed by atoms with van der Waals surface area (Å²) in [6.07, 6.45) is 0.474. The predicted octanol–water partition coefficient (Wildman–Crippen LogP) is 1.57. The third-order valence-electron chi connectivity index (χ3n) is 3.08. The molecule has 0 spiro atoms. The number of aliphatic hydroxyl groups excluding tert-OH is 1. The van der Waals surface area contributed by atoms with Gasteiger partial charge in [0.15, 0.2) is 0 Å². The molecule has 1 amide bonds. The summed E-state index contributed by atoms with van der Waals surface area (Å²) in [7, 11) is 0. The lowest BCUT2D eigenvalue weighted by Crippen LogP contribution is -2.32. The van der Waals surface area contributed by atoms with Gasteiger partial charge in [0.2, 0.25) is 5.91 Å². The SMILES string of the molecule is CC(O)CCC(=O)N1CCOc2ccccc2C1. The molecule has 18 heavy (non-hydrogen) atoms. The number of hydrogen-bond donors (Lipinski definition) is 1. The Morgan fingerprint density at radius 3 is 3.06 bits per heavy atom. The molecule has 2 rings (SSSR count). The Morgan fingerprint density at radius 1 is 1.50 bits per heavy atom. The molecule has 1 N–H and O–H groups in total. The van der Waals surface area contributed by atoms with Gasteiger partial charge in [-0.05, 0) is 19.4 Å². The van der Waals surface area contributed by atoms with Crippen LogP contribution < -0.4 is 4.74 Å². The Labute approximate surface area is 107 Å². The Bertz CT molecular complexity index is 417. The zero-order valence-electron chi connectivity index (χ0n) is 10.6. The van der Waals surface area contributed by atoms with Crippen molar-refractivity contribution in [2.24, 2.45) is 0 Å². The van der Waals surface area contributed by atoms with Gasteiger partial charge in [-0.1, -0.05) is 18.2 Å². The fraction of sp³-hybridized carbons (Fsp3) is 0.500. The quantitative estimate of drug-likeness (QED) is 0.884. The molecule has 1 heterocycles. The van der Waals surface area contributed by atoms with Crippen LogP contribution in [0.15, 0.2) is 24.3 Å². The van der Waals surface area contributed by atoms with Crippen molar-refractivity contribution in [2.75, 3.05) is 13.2 Å². The van der Waals surface area contributed by atoms with Crippen molar-refractivity contribution in [2.45, 2.75) is 32.4 Å². The maximum absolute atomic E-state index is 12.0. The van der Waals surface area contributed by atoms with Crippen LogP contribution in [0.1, 0.15) is 25.3 Å². The van der Waals surface area contributed by atoms with E-state index in [-0.39, 0.29) is 5.91 Å². The number of carbonyl (C=O) groups is 1. The van der Waals surface area contributed by atoms with Gasteiger partial charge in [-0.15, -0.1) is 0 Å². The fourth-order valence-electron chi connectivity index (χ4n) is 2.03. The first-order valence-electron chi connectivity index (χ1n) is 6.33. The van der Waals surface area contributed by atoms with Crippen molar-refractivity contribution in [3.8, 4) is 5.75 Å². The maximum Gasteiger partial charge on any atom is 0.223 e. The Kier molecular flexibility index (Phi) is 4.20. The number of carbonyl (C=O) groups excluding carboxylic acids is 1. The molecule has 4 nitrogen and oxygen atoms in total. The smallest absolute Gasteiger partial charge is 0.223 e. The van der Waals surface area contributed by atoms with Crippen LogP contribution in [0.2, 0.25) is 0 Å². The first kappa shape index (κ1) is 12.9. The van der Waals surface area contributed by atoms with Gasteiger partial charge in [0, 0.05) is 18.5 Å². The number of rotatable bonds is 3. The van der Waals surface area contributed by atoms with Gasteiger partial charge >= 0.3 is 0 Å². The number of benzene rings is 1. The molecule has 0 saturated heterocycles. The zero-order chi connectivity index (χ0) is 13.0. The lowest BCUT2D eigenvalue weighted by atomic mass is 10.1. The van der Waals surface area contributed by atoms with Crippen molar-refractivity contribution < 1.29 is 14.6 Å². The van der Waals surface area contributed by atoms with Crippen LogP contribution in [0.4, 0.5) is 0 Å². The molecule has 0 aliphatic carbocycles. The number of fused-ring (bicyclic) bond motifs is 1. The Balaban J connectivity index is 2.01. The van der Waals surface area contributed by atoms with E-state index in [1.165, 1.54) is 0 Å². The average molecular weight is 249 g/mol. The molecule has 0 saturated carbocycles. The summed E-state index contributed by atoms with van der Waals surface area (Å²) in [5, 5.41) is 9.22. The Morgan fingerprint density at radius 2 is 2.28 bits per heavy atom. The minimum absolute atomic E-state index is 0.0798. The lowest BCUT2D eigenvalue weighted by Gasteiger charge is -2.20. The van der Waals surface area contributed by atoms with Crippen LogP contribution in [-0.4, -0.2) is 35.2 Å². The standard InChI is InChI=1S/C14H19NO3/c1-11(16)6-7-14(17)15-8-9-18-13-5-3-2-4-12(13)10-15/h2-5,11,16H,6-10H2,1H3.